The molecule has 0 radical (unpaired) electrons. The number of carbonyl (C=O) groups is 1. The number of benzene rings is 1. The fourth-order valence-electron chi connectivity index (χ4n) is 3.95. The molecule has 1 unspecified atom stereocenters. The van der Waals surface area contributed by atoms with Gasteiger partial charge in [-0.05, 0) is 37.5 Å². The lowest BCUT2D eigenvalue weighted by Crippen LogP contribution is -2.35. The number of hydrogen-bond acceptors (Lipinski definition) is 6. The summed E-state index contributed by atoms with van der Waals surface area (Å²) < 4.78 is 1.44. The van der Waals surface area contributed by atoms with E-state index in [1.807, 2.05) is 6.92 Å². The van der Waals surface area contributed by atoms with Crippen LogP contribution in [-0.2, 0) is 4.79 Å². The normalized spacial score (nSPS) is 16.1. The summed E-state index contributed by atoms with van der Waals surface area (Å²) in [5.74, 6) is 0.134. The topological polar surface area (TPSA) is 89.8 Å². The second-order valence-electron chi connectivity index (χ2n) is 7.49. The first-order valence-corrected chi connectivity index (χ1v) is 11.0. The van der Waals surface area contributed by atoms with Gasteiger partial charge in [0, 0.05) is 5.02 Å². The van der Waals surface area contributed by atoms with Crippen LogP contribution in [0.4, 0.5) is 5.13 Å². The second kappa shape index (κ2) is 8.59. The second-order valence-corrected chi connectivity index (χ2v) is 9.11. The van der Waals surface area contributed by atoms with Crippen molar-refractivity contribution in [1.82, 2.24) is 19.7 Å². The average molecular weight is 432 g/mol. The van der Waals surface area contributed by atoms with Crippen molar-refractivity contribution in [3.8, 4) is 0 Å². The van der Waals surface area contributed by atoms with Crippen LogP contribution in [0.5, 0.6) is 0 Å². The highest BCUT2D eigenvalue weighted by atomic mass is 35.5. The summed E-state index contributed by atoms with van der Waals surface area (Å²) in [6.07, 6.45) is 7.76. The standard InChI is InChI=1S/C20H22ClN5O2S/c1-12-24-25-20(29-12)23-18(27)17(9-13-5-3-2-4-6-13)26-11-22-16-8-7-14(21)10-15(16)19(26)28/h7-8,10-11,13,17H,2-6,9H2,1H3,(H,23,25,27). The zero-order valence-corrected chi connectivity index (χ0v) is 17.7. The van der Waals surface area contributed by atoms with Gasteiger partial charge in [0.2, 0.25) is 11.0 Å². The van der Waals surface area contributed by atoms with Crippen molar-refractivity contribution in [2.24, 2.45) is 5.92 Å². The molecule has 1 atom stereocenters. The zero-order valence-electron chi connectivity index (χ0n) is 16.1. The fourth-order valence-corrected chi connectivity index (χ4v) is 4.72. The maximum atomic E-state index is 13.2. The van der Waals surface area contributed by atoms with E-state index < -0.39 is 6.04 Å². The largest absolute Gasteiger partial charge is 0.299 e. The van der Waals surface area contributed by atoms with E-state index in [2.05, 4.69) is 20.5 Å². The first-order valence-electron chi connectivity index (χ1n) is 9.78. The highest BCUT2D eigenvalue weighted by molar-refractivity contribution is 7.15. The number of nitrogens with one attached hydrogen (secondary N) is 1. The van der Waals surface area contributed by atoms with Crippen molar-refractivity contribution in [2.45, 2.75) is 51.5 Å². The average Bonchev–Trinajstić information content (AvgIpc) is 3.12. The van der Waals surface area contributed by atoms with Crippen LogP contribution < -0.4 is 10.9 Å². The quantitative estimate of drug-likeness (QED) is 0.648. The van der Waals surface area contributed by atoms with Gasteiger partial charge < -0.3 is 0 Å². The van der Waals surface area contributed by atoms with Crippen LogP contribution in [0.2, 0.25) is 5.02 Å². The van der Waals surface area contributed by atoms with Gasteiger partial charge in [-0.2, -0.15) is 0 Å². The van der Waals surface area contributed by atoms with Crippen LogP contribution >= 0.6 is 22.9 Å². The molecule has 4 rings (SSSR count). The molecule has 1 amide bonds. The molecule has 1 aromatic carbocycles. The molecule has 1 N–H and O–H groups in total. The Balaban J connectivity index is 1.70. The third-order valence-electron chi connectivity index (χ3n) is 5.42. The molecule has 0 bridgehead atoms. The smallest absolute Gasteiger partial charge is 0.261 e. The predicted molar refractivity (Wildman–Crippen MR) is 115 cm³/mol. The van der Waals surface area contributed by atoms with Gasteiger partial charge in [-0.3, -0.25) is 19.5 Å². The molecule has 29 heavy (non-hydrogen) atoms. The minimum absolute atomic E-state index is 0.262. The summed E-state index contributed by atoms with van der Waals surface area (Å²) in [6, 6.07) is 4.35. The van der Waals surface area contributed by atoms with Crippen molar-refractivity contribution in [1.29, 1.82) is 0 Å². The van der Waals surface area contributed by atoms with E-state index in [9.17, 15) is 9.59 Å². The Bertz CT molecular complexity index is 1090. The number of nitrogens with zero attached hydrogens (tertiary/aromatic N) is 4. The fraction of sp³-hybridized carbons (Fsp3) is 0.450. The highest BCUT2D eigenvalue weighted by Gasteiger charge is 2.28. The summed E-state index contributed by atoms with van der Waals surface area (Å²) in [6.45, 7) is 1.83. The van der Waals surface area contributed by atoms with Gasteiger partial charge in [0.15, 0.2) is 0 Å². The molecule has 1 aliphatic rings. The maximum absolute atomic E-state index is 13.2. The van der Waals surface area contributed by atoms with Gasteiger partial charge in [0.25, 0.3) is 5.56 Å². The third-order valence-corrected chi connectivity index (χ3v) is 6.41. The number of aromatic nitrogens is 4. The summed E-state index contributed by atoms with van der Waals surface area (Å²) in [4.78, 5) is 30.7. The molecule has 2 aromatic heterocycles. The van der Waals surface area contributed by atoms with Gasteiger partial charge in [-0.15, -0.1) is 10.2 Å². The molecule has 1 aliphatic carbocycles. The lowest BCUT2D eigenvalue weighted by atomic mass is 9.84. The van der Waals surface area contributed by atoms with Crippen molar-refractivity contribution in [3.63, 3.8) is 0 Å². The molecule has 0 saturated heterocycles. The van der Waals surface area contributed by atoms with Crippen molar-refractivity contribution < 1.29 is 4.79 Å². The number of amides is 1. The Morgan fingerprint density at radius 3 is 2.83 bits per heavy atom. The van der Waals surface area contributed by atoms with Crippen molar-refractivity contribution >= 4 is 44.9 Å². The molecule has 1 fully saturated rings. The van der Waals surface area contributed by atoms with E-state index in [4.69, 9.17) is 11.6 Å². The number of fused-ring (bicyclic) bond motifs is 1. The van der Waals surface area contributed by atoms with Gasteiger partial charge >= 0.3 is 0 Å². The van der Waals surface area contributed by atoms with Crippen molar-refractivity contribution in [3.05, 3.63) is 44.9 Å². The lowest BCUT2D eigenvalue weighted by Gasteiger charge is -2.26. The van der Waals surface area contributed by atoms with E-state index in [1.165, 1.54) is 28.7 Å². The lowest BCUT2D eigenvalue weighted by molar-refractivity contribution is -0.120. The predicted octanol–water partition coefficient (Wildman–Crippen LogP) is 4.36. The first kappa shape index (κ1) is 20.0. The van der Waals surface area contributed by atoms with E-state index in [1.54, 1.807) is 18.2 Å². The van der Waals surface area contributed by atoms with Crippen LogP contribution in [0.25, 0.3) is 10.9 Å². The number of anilines is 1. The summed E-state index contributed by atoms with van der Waals surface area (Å²) in [5, 5.41) is 12.8. The molecule has 2 heterocycles. The number of carbonyl (C=O) groups excluding carboxylic acids is 1. The Morgan fingerprint density at radius 1 is 1.31 bits per heavy atom. The van der Waals surface area contributed by atoms with Crippen LogP contribution in [0.1, 0.15) is 49.6 Å². The summed E-state index contributed by atoms with van der Waals surface area (Å²) in [7, 11) is 0. The minimum atomic E-state index is -0.661. The highest BCUT2D eigenvalue weighted by Crippen LogP contribution is 2.31. The van der Waals surface area contributed by atoms with E-state index >= 15 is 0 Å². The molecule has 152 valence electrons. The third kappa shape index (κ3) is 4.48. The minimum Gasteiger partial charge on any atom is -0.299 e. The van der Waals surface area contributed by atoms with Gasteiger partial charge in [0.1, 0.15) is 11.0 Å². The Hall–Kier alpha value is -2.32. The Labute approximate surface area is 177 Å². The van der Waals surface area contributed by atoms with Crippen LogP contribution in [-0.4, -0.2) is 25.7 Å². The molecular weight excluding hydrogens is 410 g/mol. The van der Waals surface area contributed by atoms with E-state index in [0.717, 1.165) is 30.7 Å². The van der Waals surface area contributed by atoms with Crippen LogP contribution in [0, 0.1) is 12.8 Å². The molecule has 1 saturated carbocycles. The van der Waals surface area contributed by atoms with E-state index in [-0.39, 0.29) is 11.5 Å². The first-order chi connectivity index (χ1) is 14.0. The molecule has 0 spiro atoms. The maximum Gasteiger partial charge on any atom is 0.261 e. The molecule has 7 nitrogen and oxygen atoms in total. The number of aryl methyl sites for hydroxylation is 1. The number of rotatable bonds is 5. The van der Waals surface area contributed by atoms with E-state index in [0.29, 0.717) is 33.4 Å². The number of halogens is 1. The monoisotopic (exact) mass is 431 g/mol. The molecular formula is C20H22ClN5O2S. The molecule has 0 aliphatic heterocycles. The summed E-state index contributed by atoms with van der Waals surface area (Å²) >= 11 is 7.39. The Morgan fingerprint density at radius 2 is 2.10 bits per heavy atom. The molecule has 3 aromatic rings. The van der Waals surface area contributed by atoms with Crippen LogP contribution in [0.3, 0.4) is 0 Å². The molecule has 9 heteroatoms. The SMILES string of the molecule is Cc1nnc(NC(=O)C(CC2CCCCC2)n2cnc3ccc(Cl)cc3c2=O)s1. The Kier molecular flexibility index (Phi) is 5.91. The zero-order chi connectivity index (χ0) is 20.4. The van der Waals surface area contributed by atoms with Gasteiger partial charge in [-0.25, -0.2) is 4.98 Å². The van der Waals surface area contributed by atoms with Gasteiger partial charge in [-0.1, -0.05) is 55.0 Å². The van der Waals surface area contributed by atoms with Gasteiger partial charge in [0.05, 0.1) is 17.2 Å². The summed E-state index contributed by atoms with van der Waals surface area (Å²) in [5.41, 5.74) is 0.300. The number of hydrogen-bond donors (Lipinski definition) is 1. The van der Waals surface area contributed by atoms with Crippen molar-refractivity contribution in [2.75, 3.05) is 5.32 Å². The van der Waals surface area contributed by atoms with Crippen LogP contribution in [0.15, 0.2) is 29.3 Å².